The van der Waals surface area contributed by atoms with Gasteiger partial charge >= 0.3 is 0 Å². The van der Waals surface area contributed by atoms with Gasteiger partial charge in [0.05, 0.1) is 6.10 Å². The summed E-state index contributed by atoms with van der Waals surface area (Å²) in [4.78, 5) is 0. The molecular formula is C26H32OP+. The zero-order valence-corrected chi connectivity index (χ0v) is 17.9. The molecule has 3 aromatic carbocycles. The van der Waals surface area contributed by atoms with Gasteiger partial charge in [-0.05, 0) is 49.2 Å². The van der Waals surface area contributed by atoms with E-state index in [1.165, 1.54) is 15.9 Å². The van der Waals surface area contributed by atoms with E-state index < -0.39 is 7.26 Å². The van der Waals surface area contributed by atoms with Crippen LogP contribution < -0.4 is 15.9 Å². The molecule has 0 radical (unpaired) electrons. The second-order valence-corrected chi connectivity index (χ2v) is 11.1. The Kier molecular flexibility index (Phi) is 7.43. The number of rotatable bonds is 9. The summed E-state index contributed by atoms with van der Waals surface area (Å²) in [5.41, 5.74) is 0.213. The minimum absolute atomic E-state index is 0.213. The van der Waals surface area contributed by atoms with Crippen LogP contribution in [-0.2, 0) is 0 Å². The molecule has 2 unspecified atom stereocenters. The van der Waals surface area contributed by atoms with E-state index in [1.807, 2.05) is 0 Å². The Bertz CT molecular complexity index is 720. The van der Waals surface area contributed by atoms with Crippen molar-refractivity contribution < 1.29 is 5.11 Å². The van der Waals surface area contributed by atoms with Crippen LogP contribution >= 0.6 is 7.26 Å². The van der Waals surface area contributed by atoms with Gasteiger partial charge in [0.1, 0.15) is 28.8 Å². The van der Waals surface area contributed by atoms with Gasteiger partial charge in [-0.25, -0.2) is 0 Å². The Morgan fingerprint density at radius 2 is 0.964 bits per heavy atom. The molecule has 146 valence electrons. The highest BCUT2D eigenvalue weighted by atomic mass is 31.2. The monoisotopic (exact) mass is 391 g/mol. The van der Waals surface area contributed by atoms with Gasteiger partial charge in [-0.2, -0.15) is 0 Å². The Morgan fingerprint density at radius 1 is 0.607 bits per heavy atom. The van der Waals surface area contributed by atoms with Crippen LogP contribution in [0.3, 0.4) is 0 Å². The average Bonchev–Trinajstić information content (AvgIpc) is 2.76. The lowest BCUT2D eigenvalue weighted by molar-refractivity contribution is 0.155. The van der Waals surface area contributed by atoms with Crippen LogP contribution in [0.4, 0.5) is 0 Å². The molecule has 28 heavy (non-hydrogen) atoms. The third kappa shape index (κ3) is 4.07. The van der Waals surface area contributed by atoms with Crippen molar-refractivity contribution >= 4 is 23.2 Å². The molecule has 0 fully saturated rings. The Balaban J connectivity index is 2.36. The third-order valence-electron chi connectivity index (χ3n) is 5.60. The number of benzene rings is 3. The van der Waals surface area contributed by atoms with E-state index in [0.29, 0.717) is 0 Å². The van der Waals surface area contributed by atoms with E-state index in [-0.39, 0.29) is 11.8 Å². The summed E-state index contributed by atoms with van der Waals surface area (Å²) in [6, 6.07) is 32.8. The minimum Gasteiger partial charge on any atom is -0.389 e. The first kappa shape index (κ1) is 20.8. The number of aliphatic hydroxyl groups excluding tert-OH is 1. The predicted octanol–water partition coefficient (Wildman–Crippen LogP) is 5.31. The van der Waals surface area contributed by atoms with Crippen LogP contribution in [0.1, 0.15) is 39.5 Å². The second kappa shape index (κ2) is 10.0. The van der Waals surface area contributed by atoms with E-state index in [1.54, 1.807) is 0 Å². The van der Waals surface area contributed by atoms with Crippen molar-refractivity contribution in [3.63, 3.8) is 0 Å². The Hall–Kier alpha value is -1.95. The molecule has 0 saturated carbocycles. The lowest BCUT2D eigenvalue weighted by Crippen LogP contribution is -2.44. The zero-order valence-electron chi connectivity index (χ0n) is 17.0. The molecule has 0 aliphatic rings. The quantitative estimate of drug-likeness (QED) is 0.490. The van der Waals surface area contributed by atoms with Crippen LogP contribution in [0.5, 0.6) is 0 Å². The van der Waals surface area contributed by atoms with Gasteiger partial charge in [-0.15, -0.1) is 0 Å². The first-order valence-corrected chi connectivity index (χ1v) is 12.3. The summed E-state index contributed by atoms with van der Waals surface area (Å²) < 4.78 is 0. The molecule has 3 rings (SSSR count). The van der Waals surface area contributed by atoms with Gasteiger partial charge in [0, 0.05) is 0 Å². The third-order valence-corrected chi connectivity index (χ3v) is 10.5. The lowest BCUT2D eigenvalue weighted by atomic mass is 10.1. The summed E-state index contributed by atoms with van der Waals surface area (Å²) in [6.07, 6.45) is 3.63. The molecule has 0 bridgehead atoms. The summed E-state index contributed by atoms with van der Waals surface area (Å²) in [5, 5.41) is 15.5. The predicted molar refractivity (Wildman–Crippen MR) is 125 cm³/mol. The van der Waals surface area contributed by atoms with Gasteiger partial charge in [0.2, 0.25) is 0 Å². The molecule has 2 atom stereocenters. The second-order valence-electron chi connectivity index (χ2n) is 7.44. The van der Waals surface area contributed by atoms with Crippen LogP contribution in [0.25, 0.3) is 0 Å². The van der Waals surface area contributed by atoms with Crippen LogP contribution in [0.2, 0.25) is 0 Å². The summed E-state index contributed by atoms with van der Waals surface area (Å²) in [6.45, 7) is 4.40. The Labute approximate surface area is 170 Å². The van der Waals surface area contributed by atoms with Crippen molar-refractivity contribution in [2.45, 2.75) is 51.3 Å². The van der Waals surface area contributed by atoms with Crippen LogP contribution in [-0.4, -0.2) is 16.9 Å². The highest BCUT2D eigenvalue weighted by Gasteiger charge is 2.54. The standard InChI is InChI=1S/C26H32OP/c1-3-14-25(27)26(15-4-2)28(22-16-8-5-9-17-22,23-18-10-6-11-19-23)24-20-12-7-13-21-24/h5-13,16-21,25-27H,3-4,14-15H2,1-2H3/q+1. The highest BCUT2D eigenvalue weighted by molar-refractivity contribution is 7.96. The summed E-state index contributed by atoms with van der Waals surface area (Å²) in [7, 11) is -2.02. The molecule has 0 aliphatic carbocycles. The molecule has 2 heteroatoms. The van der Waals surface area contributed by atoms with Gasteiger partial charge < -0.3 is 5.11 Å². The smallest absolute Gasteiger partial charge is 0.117 e. The van der Waals surface area contributed by atoms with Gasteiger partial charge in [-0.1, -0.05) is 81.3 Å². The fourth-order valence-corrected chi connectivity index (χ4v) is 9.72. The van der Waals surface area contributed by atoms with E-state index in [0.717, 1.165) is 25.7 Å². The maximum Gasteiger partial charge on any atom is 0.117 e. The maximum atomic E-state index is 11.4. The van der Waals surface area contributed by atoms with E-state index in [9.17, 15) is 5.11 Å². The summed E-state index contributed by atoms with van der Waals surface area (Å²) >= 11 is 0. The van der Waals surface area contributed by atoms with E-state index in [4.69, 9.17) is 0 Å². The molecule has 0 aromatic heterocycles. The van der Waals surface area contributed by atoms with Gasteiger partial charge in [0.15, 0.2) is 0 Å². The molecule has 1 N–H and O–H groups in total. The first-order chi connectivity index (χ1) is 13.7. The number of aliphatic hydroxyl groups is 1. The molecule has 0 aliphatic heterocycles. The van der Waals surface area contributed by atoms with Crippen molar-refractivity contribution in [3.05, 3.63) is 91.0 Å². The lowest BCUT2D eigenvalue weighted by Gasteiger charge is -2.37. The normalized spacial score (nSPS) is 13.8. The van der Waals surface area contributed by atoms with Crippen molar-refractivity contribution in [2.24, 2.45) is 0 Å². The molecule has 1 nitrogen and oxygen atoms in total. The molecule has 0 amide bonds. The van der Waals surface area contributed by atoms with Crippen molar-refractivity contribution in [1.82, 2.24) is 0 Å². The SMILES string of the molecule is CCCC(O)C(CCC)[P+](c1ccccc1)(c1ccccc1)c1ccccc1. The fourth-order valence-electron chi connectivity index (χ4n) is 4.44. The first-order valence-electron chi connectivity index (χ1n) is 10.5. The molecule has 0 spiro atoms. The zero-order chi connectivity index (χ0) is 19.8. The van der Waals surface area contributed by atoms with Gasteiger partial charge in [0.25, 0.3) is 0 Å². The molecule has 3 aromatic rings. The largest absolute Gasteiger partial charge is 0.389 e. The number of hydrogen-bond donors (Lipinski definition) is 1. The average molecular weight is 392 g/mol. The van der Waals surface area contributed by atoms with E-state index in [2.05, 4.69) is 105 Å². The van der Waals surface area contributed by atoms with Crippen LogP contribution in [0, 0.1) is 0 Å². The van der Waals surface area contributed by atoms with Crippen molar-refractivity contribution in [3.8, 4) is 0 Å². The number of hydrogen-bond acceptors (Lipinski definition) is 1. The minimum atomic E-state index is -2.02. The van der Waals surface area contributed by atoms with E-state index >= 15 is 0 Å². The molecular weight excluding hydrogens is 359 g/mol. The van der Waals surface area contributed by atoms with Crippen LogP contribution in [0.15, 0.2) is 91.0 Å². The highest BCUT2D eigenvalue weighted by Crippen LogP contribution is 2.62. The van der Waals surface area contributed by atoms with Gasteiger partial charge in [-0.3, -0.25) is 0 Å². The topological polar surface area (TPSA) is 20.2 Å². The molecule has 0 saturated heterocycles. The summed E-state index contributed by atoms with van der Waals surface area (Å²) in [5.74, 6) is 0. The van der Waals surface area contributed by atoms with Crippen molar-refractivity contribution in [2.75, 3.05) is 0 Å². The van der Waals surface area contributed by atoms with Crippen molar-refractivity contribution in [1.29, 1.82) is 0 Å². The fraction of sp³-hybridized carbons (Fsp3) is 0.308. The maximum absolute atomic E-state index is 11.4. The Morgan fingerprint density at radius 3 is 1.29 bits per heavy atom. The molecule has 0 heterocycles.